The van der Waals surface area contributed by atoms with Crippen molar-refractivity contribution in [2.45, 2.75) is 27.3 Å². The van der Waals surface area contributed by atoms with Gasteiger partial charge in [-0.3, -0.25) is 4.79 Å². The zero-order valence-corrected chi connectivity index (χ0v) is 15.3. The van der Waals surface area contributed by atoms with Gasteiger partial charge in [-0.15, -0.1) is 0 Å². The maximum atomic E-state index is 12.4. The van der Waals surface area contributed by atoms with Gasteiger partial charge in [0.2, 0.25) is 0 Å². The molecule has 132 valence electrons. The van der Waals surface area contributed by atoms with E-state index in [9.17, 15) is 4.79 Å². The first-order chi connectivity index (χ1) is 12.5. The normalized spacial score (nSPS) is 10.4. The first kappa shape index (κ1) is 17.7. The van der Waals surface area contributed by atoms with Gasteiger partial charge >= 0.3 is 0 Å². The molecule has 0 aliphatic heterocycles. The van der Waals surface area contributed by atoms with Crippen LogP contribution in [0.1, 0.15) is 32.6 Å². The average Bonchev–Trinajstić information content (AvgIpc) is 2.63. The quantitative estimate of drug-likeness (QED) is 0.693. The Morgan fingerprint density at radius 1 is 0.962 bits per heavy atom. The van der Waals surface area contributed by atoms with Crippen molar-refractivity contribution in [1.82, 2.24) is 4.98 Å². The highest BCUT2D eigenvalue weighted by Crippen LogP contribution is 2.15. The lowest BCUT2D eigenvalue weighted by Crippen LogP contribution is -2.12. The van der Waals surface area contributed by atoms with Crippen LogP contribution in [0.4, 0.5) is 11.5 Å². The molecule has 26 heavy (non-hydrogen) atoms. The largest absolute Gasteiger partial charge is 0.366 e. The lowest BCUT2D eigenvalue weighted by atomic mass is 10.1. The number of nitrogens with one attached hydrogen (secondary N) is 2. The van der Waals surface area contributed by atoms with Gasteiger partial charge in [0.15, 0.2) is 0 Å². The van der Waals surface area contributed by atoms with Crippen LogP contribution < -0.4 is 10.6 Å². The lowest BCUT2D eigenvalue weighted by Gasteiger charge is -2.09. The topological polar surface area (TPSA) is 54.0 Å². The van der Waals surface area contributed by atoms with Gasteiger partial charge in [0.1, 0.15) is 5.82 Å². The van der Waals surface area contributed by atoms with E-state index in [4.69, 9.17) is 0 Å². The van der Waals surface area contributed by atoms with Crippen LogP contribution in [0.3, 0.4) is 0 Å². The molecule has 0 atom stereocenters. The second-order valence-electron chi connectivity index (χ2n) is 6.53. The van der Waals surface area contributed by atoms with Crippen LogP contribution >= 0.6 is 0 Å². The van der Waals surface area contributed by atoms with Gasteiger partial charge in [0.05, 0.1) is 11.9 Å². The summed E-state index contributed by atoms with van der Waals surface area (Å²) in [7, 11) is 0. The third-order valence-corrected chi connectivity index (χ3v) is 4.35. The van der Waals surface area contributed by atoms with Crippen molar-refractivity contribution in [2.75, 3.05) is 10.6 Å². The summed E-state index contributed by atoms with van der Waals surface area (Å²) >= 11 is 0. The molecule has 0 bridgehead atoms. The molecule has 0 fully saturated rings. The zero-order chi connectivity index (χ0) is 18.5. The molecular formula is C22H23N3O. The molecule has 0 spiro atoms. The number of nitrogens with zero attached hydrogens (tertiary/aromatic N) is 1. The van der Waals surface area contributed by atoms with Crippen LogP contribution in [0.15, 0.2) is 60.8 Å². The number of anilines is 2. The molecule has 0 radical (unpaired) electrons. The Balaban J connectivity index is 1.60. The Labute approximate surface area is 154 Å². The summed E-state index contributed by atoms with van der Waals surface area (Å²) in [5, 5.41) is 6.17. The number of carbonyl (C=O) groups is 1. The van der Waals surface area contributed by atoms with Crippen molar-refractivity contribution in [3.05, 3.63) is 88.6 Å². The van der Waals surface area contributed by atoms with Gasteiger partial charge in [0.25, 0.3) is 5.91 Å². The first-order valence-electron chi connectivity index (χ1n) is 8.65. The Hall–Kier alpha value is -3.14. The average molecular weight is 345 g/mol. The van der Waals surface area contributed by atoms with Crippen LogP contribution in [-0.2, 0) is 6.54 Å². The molecule has 1 aromatic heterocycles. The highest BCUT2D eigenvalue weighted by molar-refractivity contribution is 6.04. The number of hydrogen-bond acceptors (Lipinski definition) is 3. The highest BCUT2D eigenvalue weighted by atomic mass is 16.1. The Morgan fingerprint density at radius 3 is 2.50 bits per heavy atom. The summed E-state index contributed by atoms with van der Waals surface area (Å²) in [6, 6.07) is 17.8. The molecule has 2 N–H and O–H groups in total. The number of carbonyl (C=O) groups excluding carboxylic acids is 1. The number of benzene rings is 2. The summed E-state index contributed by atoms with van der Waals surface area (Å²) in [5.74, 6) is 0.644. The number of rotatable bonds is 5. The third kappa shape index (κ3) is 4.48. The molecule has 0 aliphatic carbocycles. The Morgan fingerprint density at radius 2 is 1.81 bits per heavy atom. The summed E-state index contributed by atoms with van der Waals surface area (Å²) in [5.41, 5.74) is 6.04. The van der Waals surface area contributed by atoms with Gasteiger partial charge < -0.3 is 10.6 Å². The van der Waals surface area contributed by atoms with Gasteiger partial charge in [-0.1, -0.05) is 35.9 Å². The van der Waals surface area contributed by atoms with Crippen LogP contribution in [0.25, 0.3) is 0 Å². The van der Waals surface area contributed by atoms with Gasteiger partial charge in [-0.25, -0.2) is 4.98 Å². The number of pyridine rings is 1. The van der Waals surface area contributed by atoms with Crippen LogP contribution in [-0.4, -0.2) is 10.9 Å². The Bertz CT molecular complexity index is 917. The van der Waals surface area contributed by atoms with Crippen LogP contribution in [0.5, 0.6) is 0 Å². The monoisotopic (exact) mass is 345 g/mol. The van der Waals surface area contributed by atoms with Crippen LogP contribution in [0.2, 0.25) is 0 Å². The lowest BCUT2D eigenvalue weighted by molar-refractivity contribution is 0.102. The van der Waals surface area contributed by atoms with Gasteiger partial charge in [-0.05, 0) is 61.7 Å². The summed E-state index contributed by atoms with van der Waals surface area (Å²) in [6.07, 6.45) is 1.66. The van der Waals surface area contributed by atoms with E-state index in [1.54, 1.807) is 6.20 Å². The number of amides is 1. The smallest absolute Gasteiger partial charge is 0.255 e. The van der Waals surface area contributed by atoms with E-state index in [-0.39, 0.29) is 5.91 Å². The van der Waals surface area contributed by atoms with Crippen molar-refractivity contribution in [3.63, 3.8) is 0 Å². The molecule has 2 aromatic carbocycles. The third-order valence-electron chi connectivity index (χ3n) is 4.35. The molecule has 3 rings (SSSR count). The highest BCUT2D eigenvalue weighted by Gasteiger charge is 2.07. The maximum Gasteiger partial charge on any atom is 0.255 e. The van der Waals surface area contributed by atoms with E-state index in [2.05, 4.69) is 40.7 Å². The number of hydrogen-bond donors (Lipinski definition) is 2. The van der Waals surface area contributed by atoms with E-state index in [0.717, 1.165) is 11.4 Å². The first-order valence-corrected chi connectivity index (χ1v) is 8.65. The minimum absolute atomic E-state index is 0.129. The Kier molecular flexibility index (Phi) is 5.32. The van der Waals surface area contributed by atoms with E-state index < -0.39 is 0 Å². The predicted molar refractivity (Wildman–Crippen MR) is 107 cm³/mol. The fourth-order valence-corrected chi connectivity index (χ4v) is 2.67. The standard InChI is InChI=1S/C22H23N3O/c1-15-5-4-6-18(11-15)13-23-21-10-9-20(14-24-21)25-22(26)19-8-7-16(2)17(3)12-19/h4-12,14H,13H2,1-3H3,(H,23,24)(H,25,26). The summed E-state index contributed by atoms with van der Waals surface area (Å²) < 4.78 is 0. The SMILES string of the molecule is Cc1cccc(CNc2ccc(NC(=O)c3ccc(C)c(C)c3)cn2)c1. The molecule has 1 heterocycles. The van der Waals surface area contributed by atoms with Crippen molar-refractivity contribution in [2.24, 2.45) is 0 Å². The fraction of sp³-hybridized carbons (Fsp3) is 0.182. The van der Waals surface area contributed by atoms with Crippen molar-refractivity contribution < 1.29 is 4.79 Å². The van der Waals surface area contributed by atoms with Crippen molar-refractivity contribution in [1.29, 1.82) is 0 Å². The number of aryl methyl sites for hydroxylation is 3. The number of aromatic nitrogens is 1. The maximum absolute atomic E-state index is 12.4. The van der Waals surface area contributed by atoms with Gasteiger partial charge in [-0.2, -0.15) is 0 Å². The second-order valence-corrected chi connectivity index (χ2v) is 6.53. The van der Waals surface area contributed by atoms with Gasteiger partial charge in [0, 0.05) is 12.1 Å². The van der Waals surface area contributed by atoms with Crippen molar-refractivity contribution >= 4 is 17.4 Å². The molecule has 4 heteroatoms. The minimum atomic E-state index is -0.129. The molecular weight excluding hydrogens is 322 g/mol. The zero-order valence-electron chi connectivity index (χ0n) is 15.3. The van der Waals surface area contributed by atoms with E-state index >= 15 is 0 Å². The molecule has 0 saturated heterocycles. The molecule has 4 nitrogen and oxygen atoms in total. The van der Waals surface area contributed by atoms with Crippen LogP contribution in [0, 0.1) is 20.8 Å². The molecule has 0 saturated carbocycles. The molecule has 0 aliphatic rings. The molecule has 3 aromatic rings. The van der Waals surface area contributed by atoms with E-state index in [1.807, 2.05) is 50.2 Å². The summed E-state index contributed by atoms with van der Waals surface area (Å²) in [4.78, 5) is 16.7. The fourth-order valence-electron chi connectivity index (χ4n) is 2.67. The molecule has 1 amide bonds. The minimum Gasteiger partial charge on any atom is -0.366 e. The van der Waals surface area contributed by atoms with Crippen molar-refractivity contribution in [3.8, 4) is 0 Å². The van der Waals surface area contributed by atoms with E-state index in [0.29, 0.717) is 17.8 Å². The molecule has 0 unspecified atom stereocenters. The summed E-state index contributed by atoms with van der Waals surface area (Å²) in [6.45, 7) is 6.82. The predicted octanol–water partition coefficient (Wildman–Crippen LogP) is 4.87. The second kappa shape index (κ2) is 7.83. The van der Waals surface area contributed by atoms with E-state index in [1.165, 1.54) is 16.7 Å².